The number of piperidine rings is 1. The second-order valence-corrected chi connectivity index (χ2v) is 5.25. The molecule has 82 valence electrons. The maximum absolute atomic E-state index is 3.73. The molecular weight excluding hydrogens is 252 g/mol. The number of rotatable bonds is 2. The Morgan fingerprint density at radius 3 is 2.80 bits per heavy atom. The van der Waals surface area contributed by atoms with E-state index in [1.807, 2.05) is 6.07 Å². The van der Waals surface area contributed by atoms with Crippen molar-refractivity contribution in [3.8, 4) is 0 Å². The number of alkyl halides is 1. The van der Waals surface area contributed by atoms with Crippen LogP contribution in [0, 0.1) is 0 Å². The highest BCUT2D eigenvalue weighted by molar-refractivity contribution is 9.09. The molecule has 0 saturated carbocycles. The van der Waals surface area contributed by atoms with Crippen molar-refractivity contribution >= 4 is 21.6 Å². The second kappa shape index (κ2) is 4.99. The van der Waals surface area contributed by atoms with Gasteiger partial charge in [0.2, 0.25) is 0 Å². The van der Waals surface area contributed by atoms with Crippen molar-refractivity contribution in [1.82, 2.24) is 5.01 Å². The fourth-order valence-electron chi connectivity index (χ4n) is 1.93. The summed E-state index contributed by atoms with van der Waals surface area (Å²) >= 11 is 3.73. The van der Waals surface area contributed by atoms with Crippen LogP contribution in [0.1, 0.15) is 19.8 Å². The van der Waals surface area contributed by atoms with E-state index >= 15 is 0 Å². The Hall–Kier alpha value is -0.540. The number of hydrogen-bond donors (Lipinski definition) is 1. The average Bonchev–Trinajstić information content (AvgIpc) is 2.26. The Labute approximate surface area is 99.8 Å². The number of nitrogens with one attached hydrogen (secondary N) is 1. The van der Waals surface area contributed by atoms with Gasteiger partial charge in [-0.2, -0.15) is 0 Å². The van der Waals surface area contributed by atoms with E-state index in [2.05, 4.69) is 57.6 Å². The molecule has 0 amide bonds. The lowest BCUT2D eigenvalue weighted by atomic mass is 10.1. The van der Waals surface area contributed by atoms with Crippen molar-refractivity contribution in [2.24, 2.45) is 0 Å². The molecule has 0 aliphatic carbocycles. The summed E-state index contributed by atoms with van der Waals surface area (Å²) < 4.78 is 0. The lowest BCUT2D eigenvalue weighted by Crippen LogP contribution is -2.47. The van der Waals surface area contributed by atoms with Gasteiger partial charge >= 0.3 is 0 Å². The van der Waals surface area contributed by atoms with Crippen LogP contribution in [-0.2, 0) is 0 Å². The fraction of sp³-hybridized carbons (Fsp3) is 0.500. The van der Waals surface area contributed by atoms with Gasteiger partial charge in [-0.25, -0.2) is 5.01 Å². The van der Waals surface area contributed by atoms with Crippen LogP contribution in [0.4, 0.5) is 5.69 Å². The van der Waals surface area contributed by atoms with Crippen LogP contribution in [0.25, 0.3) is 0 Å². The Morgan fingerprint density at radius 2 is 2.07 bits per heavy atom. The molecule has 2 nitrogen and oxygen atoms in total. The Morgan fingerprint density at radius 1 is 1.33 bits per heavy atom. The molecule has 1 aliphatic rings. The van der Waals surface area contributed by atoms with Crippen molar-refractivity contribution in [2.45, 2.75) is 30.6 Å². The topological polar surface area (TPSA) is 15.3 Å². The SMILES string of the molecule is CC1C(Br)CCCN1Nc1ccccc1. The first-order chi connectivity index (χ1) is 7.27. The summed E-state index contributed by atoms with van der Waals surface area (Å²) in [7, 11) is 0. The summed E-state index contributed by atoms with van der Waals surface area (Å²) in [6.45, 7) is 3.38. The standard InChI is InChI=1S/C12H17BrN2/c1-10-12(13)8-5-9-15(10)14-11-6-3-2-4-7-11/h2-4,6-7,10,12,14H,5,8-9H2,1H3. The molecule has 1 saturated heterocycles. The molecule has 3 heteroatoms. The Bertz CT molecular complexity index is 302. The molecule has 1 heterocycles. The molecule has 2 rings (SSSR count). The summed E-state index contributed by atoms with van der Waals surface area (Å²) in [6.07, 6.45) is 2.52. The van der Waals surface area contributed by atoms with Crippen molar-refractivity contribution in [3.05, 3.63) is 30.3 Å². The number of nitrogens with zero attached hydrogens (tertiary/aromatic N) is 1. The van der Waals surface area contributed by atoms with Gasteiger partial charge in [-0.05, 0) is 31.9 Å². The first kappa shape index (κ1) is 11.0. The van der Waals surface area contributed by atoms with E-state index in [1.54, 1.807) is 0 Å². The summed E-state index contributed by atoms with van der Waals surface area (Å²) in [4.78, 5) is 0.600. The van der Waals surface area contributed by atoms with Gasteiger partial charge in [0.1, 0.15) is 0 Å². The van der Waals surface area contributed by atoms with Crippen LogP contribution >= 0.6 is 15.9 Å². The fourth-order valence-corrected chi connectivity index (χ4v) is 2.54. The molecule has 0 radical (unpaired) electrons. The van der Waals surface area contributed by atoms with Crippen molar-refractivity contribution in [3.63, 3.8) is 0 Å². The van der Waals surface area contributed by atoms with Crippen LogP contribution in [-0.4, -0.2) is 22.4 Å². The second-order valence-electron chi connectivity index (χ2n) is 4.07. The number of para-hydroxylation sites is 1. The van der Waals surface area contributed by atoms with E-state index in [-0.39, 0.29) is 0 Å². The van der Waals surface area contributed by atoms with Gasteiger partial charge in [-0.1, -0.05) is 34.1 Å². The zero-order chi connectivity index (χ0) is 10.7. The minimum atomic E-state index is 0.541. The van der Waals surface area contributed by atoms with Crippen LogP contribution in [0.5, 0.6) is 0 Å². The molecule has 2 atom stereocenters. The highest BCUT2D eigenvalue weighted by Gasteiger charge is 2.25. The molecule has 2 unspecified atom stereocenters. The van der Waals surface area contributed by atoms with E-state index in [4.69, 9.17) is 0 Å². The van der Waals surface area contributed by atoms with Gasteiger partial charge in [-0.3, -0.25) is 0 Å². The van der Waals surface area contributed by atoms with Gasteiger partial charge in [0.05, 0.1) is 0 Å². The first-order valence-corrected chi connectivity index (χ1v) is 6.41. The van der Waals surface area contributed by atoms with Gasteiger partial charge in [0, 0.05) is 23.1 Å². The predicted molar refractivity (Wildman–Crippen MR) is 68.2 cm³/mol. The normalized spacial score (nSPS) is 27.6. The minimum Gasteiger partial charge on any atom is -0.319 e. The lowest BCUT2D eigenvalue weighted by Gasteiger charge is -2.37. The van der Waals surface area contributed by atoms with Crippen LogP contribution < -0.4 is 5.43 Å². The molecule has 1 aromatic carbocycles. The number of benzene rings is 1. The molecule has 1 fully saturated rings. The molecule has 0 bridgehead atoms. The largest absolute Gasteiger partial charge is 0.319 e. The van der Waals surface area contributed by atoms with E-state index in [0.29, 0.717) is 10.9 Å². The maximum Gasteiger partial charge on any atom is 0.0490 e. The number of hydrogen-bond acceptors (Lipinski definition) is 2. The Balaban J connectivity index is 1.99. The molecule has 15 heavy (non-hydrogen) atoms. The molecule has 1 aliphatic heterocycles. The highest BCUT2D eigenvalue weighted by atomic mass is 79.9. The monoisotopic (exact) mass is 268 g/mol. The van der Waals surface area contributed by atoms with Crippen LogP contribution in [0.15, 0.2) is 30.3 Å². The van der Waals surface area contributed by atoms with E-state index in [1.165, 1.54) is 18.5 Å². The van der Waals surface area contributed by atoms with Crippen molar-refractivity contribution in [2.75, 3.05) is 12.0 Å². The average molecular weight is 269 g/mol. The minimum absolute atomic E-state index is 0.541. The summed E-state index contributed by atoms with van der Waals surface area (Å²) in [6, 6.07) is 10.9. The molecule has 1 aromatic rings. The molecule has 1 N–H and O–H groups in total. The third kappa shape index (κ3) is 2.73. The number of anilines is 1. The Kier molecular flexibility index (Phi) is 3.65. The number of halogens is 1. The van der Waals surface area contributed by atoms with E-state index in [9.17, 15) is 0 Å². The summed E-state index contributed by atoms with van der Waals surface area (Å²) in [5.74, 6) is 0. The van der Waals surface area contributed by atoms with Gasteiger partial charge in [0.15, 0.2) is 0 Å². The molecule has 0 spiro atoms. The van der Waals surface area contributed by atoms with Crippen molar-refractivity contribution < 1.29 is 0 Å². The zero-order valence-corrected chi connectivity index (χ0v) is 10.6. The van der Waals surface area contributed by atoms with Gasteiger partial charge in [-0.15, -0.1) is 0 Å². The molecular formula is C12H17BrN2. The maximum atomic E-state index is 3.73. The predicted octanol–water partition coefficient (Wildman–Crippen LogP) is 3.26. The van der Waals surface area contributed by atoms with Crippen LogP contribution in [0.3, 0.4) is 0 Å². The lowest BCUT2D eigenvalue weighted by molar-refractivity contribution is 0.206. The smallest absolute Gasteiger partial charge is 0.0490 e. The third-order valence-corrected chi connectivity index (χ3v) is 4.16. The highest BCUT2D eigenvalue weighted by Crippen LogP contribution is 2.24. The van der Waals surface area contributed by atoms with E-state index < -0.39 is 0 Å². The van der Waals surface area contributed by atoms with Crippen LogP contribution in [0.2, 0.25) is 0 Å². The summed E-state index contributed by atoms with van der Waals surface area (Å²) in [5, 5.41) is 2.32. The van der Waals surface area contributed by atoms with E-state index in [0.717, 1.165) is 6.54 Å². The van der Waals surface area contributed by atoms with Gasteiger partial charge in [0.25, 0.3) is 0 Å². The quantitative estimate of drug-likeness (QED) is 0.829. The van der Waals surface area contributed by atoms with Crippen molar-refractivity contribution in [1.29, 1.82) is 0 Å². The first-order valence-electron chi connectivity index (χ1n) is 5.50. The summed E-state index contributed by atoms with van der Waals surface area (Å²) in [5.41, 5.74) is 4.64. The third-order valence-electron chi connectivity index (χ3n) is 2.94. The number of hydrazine groups is 1. The zero-order valence-electron chi connectivity index (χ0n) is 8.99. The molecule has 0 aromatic heterocycles. The van der Waals surface area contributed by atoms with Gasteiger partial charge < -0.3 is 5.43 Å².